The van der Waals surface area contributed by atoms with Crippen LogP contribution in [0.25, 0.3) is 11.0 Å². The highest BCUT2D eigenvalue weighted by atomic mass is 79.9. The molecule has 1 N–H and O–H groups in total. The number of rotatable bonds is 7. The number of aryl methyl sites for hydroxylation is 1. The van der Waals surface area contributed by atoms with E-state index in [1.165, 1.54) is 0 Å². The van der Waals surface area contributed by atoms with E-state index in [0.29, 0.717) is 29.1 Å². The zero-order valence-electron chi connectivity index (χ0n) is 17.0. The van der Waals surface area contributed by atoms with Gasteiger partial charge in [-0.05, 0) is 63.5 Å². The minimum Gasteiger partial charge on any atom is -0.493 e. The molecular formula is C23H20BrClN4O2. The normalized spacial score (nSPS) is 11.2. The first-order valence-electron chi connectivity index (χ1n) is 9.50. The highest BCUT2D eigenvalue weighted by Crippen LogP contribution is 2.37. The summed E-state index contributed by atoms with van der Waals surface area (Å²) in [5, 5.41) is 5.02. The molecule has 0 radical (unpaired) electrons. The molecule has 0 aliphatic carbocycles. The minimum atomic E-state index is 0.397. The molecule has 1 heterocycles. The molecule has 3 aromatic carbocycles. The van der Waals surface area contributed by atoms with Gasteiger partial charge in [0.15, 0.2) is 11.5 Å². The lowest BCUT2D eigenvalue weighted by atomic mass is 10.2. The van der Waals surface area contributed by atoms with Crippen molar-refractivity contribution in [1.82, 2.24) is 9.55 Å². The fourth-order valence-electron chi connectivity index (χ4n) is 3.10. The maximum atomic E-state index is 5.97. The number of fused-ring (bicyclic) bond motifs is 1. The Labute approximate surface area is 193 Å². The van der Waals surface area contributed by atoms with Crippen molar-refractivity contribution in [1.29, 1.82) is 0 Å². The van der Waals surface area contributed by atoms with Gasteiger partial charge in [-0.15, -0.1) is 0 Å². The molecule has 1 aromatic heterocycles. The number of methoxy groups -OCH3 is 1. The third kappa shape index (κ3) is 4.84. The molecule has 4 rings (SSSR count). The highest BCUT2D eigenvalue weighted by molar-refractivity contribution is 9.10. The lowest BCUT2D eigenvalue weighted by molar-refractivity contribution is 0.282. The maximum absolute atomic E-state index is 5.97. The van der Waals surface area contributed by atoms with Gasteiger partial charge in [0.25, 0.3) is 0 Å². The number of nitrogens with zero attached hydrogens (tertiary/aromatic N) is 3. The summed E-state index contributed by atoms with van der Waals surface area (Å²) in [6, 6.07) is 19.2. The summed E-state index contributed by atoms with van der Waals surface area (Å²) in [5.74, 6) is 1.89. The average molecular weight is 500 g/mol. The second-order valence-electron chi connectivity index (χ2n) is 6.80. The molecule has 158 valence electrons. The summed E-state index contributed by atoms with van der Waals surface area (Å²) < 4.78 is 14.2. The number of hydrogen-bond acceptors (Lipinski definition) is 5. The van der Waals surface area contributed by atoms with Gasteiger partial charge in [0, 0.05) is 12.1 Å². The molecular weight excluding hydrogens is 480 g/mol. The van der Waals surface area contributed by atoms with Crippen molar-refractivity contribution < 1.29 is 9.47 Å². The molecule has 0 saturated heterocycles. The SMILES string of the molecule is COc1cc(/C=N\Nc2nc3ccccc3n2C)cc(Br)c1OCc1ccc(Cl)cc1. The number of anilines is 1. The van der Waals surface area contributed by atoms with Crippen molar-refractivity contribution in [2.75, 3.05) is 12.5 Å². The van der Waals surface area contributed by atoms with Crippen molar-refractivity contribution in [2.45, 2.75) is 6.61 Å². The van der Waals surface area contributed by atoms with Gasteiger partial charge in [0.05, 0.1) is 28.8 Å². The molecule has 31 heavy (non-hydrogen) atoms. The molecule has 0 spiro atoms. The van der Waals surface area contributed by atoms with Crippen molar-refractivity contribution in [3.8, 4) is 11.5 Å². The van der Waals surface area contributed by atoms with Gasteiger partial charge in [0.2, 0.25) is 5.95 Å². The summed E-state index contributed by atoms with van der Waals surface area (Å²) in [6.45, 7) is 0.397. The number of hydrogen-bond donors (Lipinski definition) is 1. The summed E-state index contributed by atoms with van der Waals surface area (Å²) in [5.41, 5.74) is 6.79. The van der Waals surface area contributed by atoms with Gasteiger partial charge in [-0.3, -0.25) is 0 Å². The Morgan fingerprint density at radius 1 is 1.16 bits per heavy atom. The molecule has 0 saturated carbocycles. The third-order valence-corrected chi connectivity index (χ3v) is 5.55. The smallest absolute Gasteiger partial charge is 0.224 e. The highest BCUT2D eigenvalue weighted by Gasteiger charge is 2.12. The molecule has 8 heteroatoms. The first-order valence-corrected chi connectivity index (χ1v) is 10.7. The number of halogens is 2. The van der Waals surface area contributed by atoms with Crippen LogP contribution in [0.4, 0.5) is 5.95 Å². The van der Waals surface area contributed by atoms with Gasteiger partial charge >= 0.3 is 0 Å². The summed E-state index contributed by atoms with van der Waals surface area (Å²) in [7, 11) is 3.55. The Hall–Kier alpha value is -3.03. The van der Waals surface area contributed by atoms with Crippen LogP contribution >= 0.6 is 27.5 Å². The van der Waals surface area contributed by atoms with E-state index in [2.05, 4.69) is 31.4 Å². The first-order chi connectivity index (χ1) is 15.0. The molecule has 0 aliphatic heterocycles. The van der Waals surface area contributed by atoms with E-state index in [0.717, 1.165) is 26.6 Å². The average Bonchev–Trinajstić information content (AvgIpc) is 3.09. The molecule has 0 atom stereocenters. The summed E-state index contributed by atoms with van der Waals surface area (Å²) >= 11 is 9.51. The quantitative estimate of drug-likeness (QED) is 0.249. The standard InChI is InChI=1S/C23H20BrClN4O2/c1-29-20-6-4-3-5-19(20)27-23(29)28-26-13-16-11-18(24)22(21(12-16)30-2)31-14-15-7-9-17(25)10-8-15/h3-13H,14H2,1-2H3,(H,27,28)/b26-13-. The number of ether oxygens (including phenoxy) is 2. The van der Waals surface area contributed by atoms with E-state index in [9.17, 15) is 0 Å². The second-order valence-corrected chi connectivity index (χ2v) is 8.09. The van der Waals surface area contributed by atoms with E-state index in [1.807, 2.05) is 72.3 Å². The van der Waals surface area contributed by atoms with Crippen LogP contribution in [0.2, 0.25) is 5.02 Å². The number of benzene rings is 3. The van der Waals surface area contributed by atoms with E-state index in [-0.39, 0.29) is 0 Å². The van der Waals surface area contributed by atoms with Gasteiger partial charge in [-0.25, -0.2) is 10.4 Å². The van der Waals surface area contributed by atoms with Gasteiger partial charge in [0.1, 0.15) is 6.61 Å². The predicted molar refractivity (Wildman–Crippen MR) is 128 cm³/mol. The van der Waals surface area contributed by atoms with Crippen LogP contribution in [0.15, 0.2) is 70.2 Å². The molecule has 0 bridgehead atoms. The Balaban J connectivity index is 1.49. The van der Waals surface area contributed by atoms with Crippen molar-refractivity contribution in [3.63, 3.8) is 0 Å². The van der Waals surface area contributed by atoms with Crippen LogP contribution in [0, 0.1) is 0 Å². The number of hydrazone groups is 1. The summed E-state index contributed by atoms with van der Waals surface area (Å²) in [4.78, 5) is 4.54. The Bertz CT molecular complexity index is 1240. The van der Waals surface area contributed by atoms with Crippen molar-refractivity contribution >= 4 is 50.7 Å². The minimum absolute atomic E-state index is 0.397. The number of nitrogens with one attached hydrogen (secondary N) is 1. The Morgan fingerprint density at radius 3 is 2.68 bits per heavy atom. The fourth-order valence-corrected chi connectivity index (χ4v) is 3.80. The summed E-state index contributed by atoms with van der Waals surface area (Å²) in [6.07, 6.45) is 1.70. The molecule has 0 aliphatic rings. The first kappa shape index (κ1) is 21.2. The van der Waals surface area contributed by atoms with Crippen molar-refractivity contribution in [2.24, 2.45) is 12.1 Å². The van der Waals surface area contributed by atoms with Gasteiger partial charge in [-0.2, -0.15) is 5.10 Å². The van der Waals surface area contributed by atoms with E-state index in [4.69, 9.17) is 21.1 Å². The van der Waals surface area contributed by atoms with Crippen LogP contribution in [-0.2, 0) is 13.7 Å². The lowest BCUT2D eigenvalue weighted by Crippen LogP contribution is -2.01. The largest absolute Gasteiger partial charge is 0.493 e. The van der Waals surface area contributed by atoms with Crippen LogP contribution in [0.1, 0.15) is 11.1 Å². The lowest BCUT2D eigenvalue weighted by Gasteiger charge is -2.13. The van der Waals surface area contributed by atoms with Crippen molar-refractivity contribution in [3.05, 3.63) is 81.3 Å². The predicted octanol–water partition coefficient (Wildman–Crippen LogP) is 6.02. The second kappa shape index (κ2) is 9.41. The Morgan fingerprint density at radius 2 is 1.94 bits per heavy atom. The van der Waals surface area contributed by atoms with Crippen LogP contribution in [0.5, 0.6) is 11.5 Å². The third-order valence-electron chi connectivity index (χ3n) is 4.71. The molecule has 6 nitrogen and oxygen atoms in total. The number of imidazole rings is 1. The zero-order chi connectivity index (χ0) is 21.8. The van der Waals surface area contributed by atoms with Crippen LogP contribution in [0.3, 0.4) is 0 Å². The van der Waals surface area contributed by atoms with E-state index >= 15 is 0 Å². The monoisotopic (exact) mass is 498 g/mol. The van der Waals surface area contributed by atoms with Crippen LogP contribution < -0.4 is 14.9 Å². The number of aromatic nitrogens is 2. The molecule has 0 amide bonds. The Kier molecular flexibility index (Phi) is 6.44. The van der Waals surface area contributed by atoms with Crippen LogP contribution in [-0.4, -0.2) is 22.9 Å². The molecule has 0 fully saturated rings. The van der Waals surface area contributed by atoms with Gasteiger partial charge < -0.3 is 14.0 Å². The van der Waals surface area contributed by atoms with E-state index < -0.39 is 0 Å². The molecule has 0 unspecified atom stereocenters. The van der Waals surface area contributed by atoms with Gasteiger partial charge in [-0.1, -0.05) is 35.9 Å². The fraction of sp³-hybridized carbons (Fsp3) is 0.130. The number of para-hydroxylation sites is 2. The molecule has 4 aromatic rings. The van der Waals surface area contributed by atoms with E-state index in [1.54, 1.807) is 13.3 Å². The topological polar surface area (TPSA) is 60.7 Å². The maximum Gasteiger partial charge on any atom is 0.224 e. The zero-order valence-corrected chi connectivity index (χ0v) is 19.3.